The van der Waals surface area contributed by atoms with Gasteiger partial charge in [-0.2, -0.15) is 0 Å². The Bertz CT molecular complexity index is 1120. The fraction of sp³-hybridized carbons (Fsp3) is 0.308. The minimum absolute atomic E-state index is 0.135. The molecule has 1 aromatic heterocycles. The Balaban J connectivity index is 1.67. The summed E-state index contributed by atoms with van der Waals surface area (Å²) in [6, 6.07) is 18.1. The van der Waals surface area contributed by atoms with Gasteiger partial charge in [0.1, 0.15) is 5.69 Å². The highest BCUT2D eigenvalue weighted by Crippen LogP contribution is 2.30. The molecule has 0 unspecified atom stereocenters. The first kappa shape index (κ1) is 22.6. The predicted molar refractivity (Wildman–Crippen MR) is 126 cm³/mol. The van der Waals surface area contributed by atoms with Crippen molar-refractivity contribution in [3.63, 3.8) is 0 Å². The Hall–Kier alpha value is -3.58. The Morgan fingerprint density at radius 1 is 1.06 bits per heavy atom. The lowest BCUT2D eigenvalue weighted by Crippen LogP contribution is -2.62. The zero-order valence-corrected chi connectivity index (χ0v) is 19.0. The molecule has 0 aliphatic carbocycles. The van der Waals surface area contributed by atoms with E-state index in [9.17, 15) is 9.59 Å². The maximum Gasteiger partial charge on any atom is 0.274 e. The molecule has 4 rings (SSSR count). The smallest absolute Gasteiger partial charge is 0.274 e. The van der Waals surface area contributed by atoms with Gasteiger partial charge in [0.05, 0.1) is 25.0 Å². The van der Waals surface area contributed by atoms with Gasteiger partial charge in [0, 0.05) is 25.7 Å². The summed E-state index contributed by atoms with van der Waals surface area (Å²) in [5.41, 5.74) is 2.89. The minimum atomic E-state index is -1.20. The summed E-state index contributed by atoms with van der Waals surface area (Å²) in [6.07, 6.45) is 3.39. The van der Waals surface area contributed by atoms with E-state index in [1.165, 1.54) is 6.20 Å². The van der Waals surface area contributed by atoms with Crippen molar-refractivity contribution >= 4 is 11.8 Å². The van der Waals surface area contributed by atoms with Gasteiger partial charge in [-0.3, -0.25) is 14.6 Å². The van der Waals surface area contributed by atoms with Gasteiger partial charge in [-0.1, -0.05) is 54.6 Å². The van der Waals surface area contributed by atoms with Crippen LogP contribution in [0, 0.1) is 6.92 Å². The molecule has 1 atom stereocenters. The summed E-state index contributed by atoms with van der Waals surface area (Å²) in [7, 11) is 0. The van der Waals surface area contributed by atoms with Crippen LogP contribution in [-0.2, 0) is 16.0 Å². The normalized spacial score (nSPS) is 18.1. The van der Waals surface area contributed by atoms with E-state index in [-0.39, 0.29) is 30.7 Å². The number of morpholine rings is 1. The summed E-state index contributed by atoms with van der Waals surface area (Å²) in [5, 5.41) is 2.91. The molecule has 0 spiro atoms. The topological polar surface area (TPSA) is 84.4 Å². The number of rotatable bonds is 6. The average Bonchev–Trinajstić information content (AvgIpc) is 2.85. The first-order chi connectivity index (χ1) is 16.0. The van der Waals surface area contributed by atoms with Crippen molar-refractivity contribution in [1.82, 2.24) is 20.2 Å². The number of nitrogens with zero attached hydrogens (tertiary/aromatic N) is 3. The second kappa shape index (κ2) is 9.92. The molecule has 0 bridgehead atoms. The number of benzene rings is 2. The molecular weight excluding hydrogens is 416 g/mol. The molecule has 1 fully saturated rings. The van der Waals surface area contributed by atoms with Crippen molar-refractivity contribution in [2.45, 2.75) is 25.9 Å². The van der Waals surface area contributed by atoms with E-state index in [1.807, 2.05) is 68.4 Å². The quantitative estimate of drug-likeness (QED) is 0.632. The lowest BCUT2D eigenvalue weighted by Gasteiger charge is -2.41. The van der Waals surface area contributed by atoms with E-state index < -0.39 is 5.60 Å². The van der Waals surface area contributed by atoms with E-state index in [4.69, 9.17) is 4.74 Å². The van der Waals surface area contributed by atoms with Crippen molar-refractivity contribution in [2.75, 3.05) is 26.2 Å². The zero-order chi connectivity index (χ0) is 23.3. The molecule has 2 aromatic carbocycles. The summed E-state index contributed by atoms with van der Waals surface area (Å²) >= 11 is 0. The lowest BCUT2D eigenvalue weighted by atomic mass is 9.87. The van der Waals surface area contributed by atoms with Crippen molar-refractivity contribution in [2.24, 2.45) is 0 Å². The second-order valence-corrected chi connectivity index (χ2v) is 8.17. The molecule has 0 radical (unpaired) electrons. The number of amides is 2. The monoisotopic (exact) mass is 444 g/mol. The van der Waals surface area contributed by atoms with Crippen LogP contribution in [0.5, 0.6) is 0 Å². The van der Waals surface area contributed by atoms with Crippen LogP contribution in [0.2, 0.25) is 0 Å². The Labute approximate surface area is 193 Å². The standard InChI is InChI=1S/C26H28N4O3/c1-3-27-25(32)26(15-21-11-7-8-12-22(21)20-9-5-4-6-10-20)18-30(13-14-33-26)24(31)23-17-28-19(2)16-29-23/h4-12,16-17H,3,13-15,18H2,1-2H3,(H,27,32)/t26-/m0/s1. The summed E-state index contributed by atoms with van der Waals surface area (Å²) in [4.78, 5) is 36.5. The molecule has 2 amide bonds. The molecule has 7 heteroatoms. The fourth-order valence-electron chi connectivity index (χ4n) is 4.15. The SMILES string of the molecule is CCNC(=O)[C@]1(Cc2ccccc2-c2ccccc2)CN(C(=O)c2cnc(C)cn2)CCO1. The summed E-state index contributed by atoms with van der Waals surface area (Å²) in [6.45, 7) is 4.95. The highest BCUT2D eigenvalue weighted by Gasteiger charge is 2.45. The maximum absolute atomic E-state index is 13.3. The van der Waals surface area contributed by atoms with E-state index in [1.54, 1.807) is 11.1 Å². The highest BCUT2D eigenvalue weighted by atomic mass is 16.5. The second-order valence-electron chi connectivity index (χ2n) is 8.17. The van der Waals surface area contributed by atoms with Crippen molar-refractivity contribution in [3.05, 3.63) is 83.9 Å². The Morgan fingerprint density at radius 3 is 2.55 bits per heavy atom. The molecule has 170 valence electrons. The van der Waals surface area contributed by atoms with Crippen molar-refractivity contribution in [1.29, 1.82) is 0 Å². The third-order valence-electron chi connectivity index (χ3n) is 5.80. The van der Waals surface area contributed by atoms with Gasteiger partial charge in [-0.15, -0.1) is 0 Å². The van der Waals surface area contributed by atoms with Gasteiger partial charge in [-0.05, 0) is 30.5 Å². The first-order valence-corrected chi connectivity index (χ1v) is 11.2. The van der Waals surface area contributed by atoms with Gasteiger partial charge < -0.3 is 15.0 Å². The highest BCUT2D eigenvalue weighted by molar-refractivity contribution is 5.93. The van der Waals surface area contributed by atoms with Crippen molar-refractivity contribution in [3.8, 4) is 11.1 Å². The van der Waals surface area contributed by atoms with Gasteiger partial charge in [0.2, 0.25) is 0 Å². The maximum atomic E-state index is 13.3. The number of hydrogen-bond donors (Lipinski definition) is 1. The fourth-order valence-corrected chi connectivity index (χ4v) is 4.15. The molecule has 1 aliphatic heterocycles. The third kappa shape index (κ3) is 4.93. The van der Waals surface area contributed by atoms with Crippen molar-refractivity contribution < 1.29 is 14.3 Å². The molecule has 2 heterocycles. The molecule has 0 saturated carbocycles. The first-order valence-electron chi connectivity index (χ1n) is 11.2. The van der Waals surface area contributed by atoms with Crippen LogP contribution in [0.15, 0.2) is 67.0 Å². The number of nitrogens with one attached hydrogen (secondary N) is 1. The lowest BCUT2D eigenvalue weighted by molar-refractivity contribution is -0.157. The molecule has 33 heavy (non-hydrogen) atoms. The third-order valence-corrected chi connectivity index (χ3v) is 5.80. The van der Waals surface area contributed by atoms with Gasteiger partial charge in [0.15, 0.2) is 5.60 Å². The Kier molecular flexibility index (Phi) is 6.79. The van der Waals surface area contributed by atoms with Gasteiger partial charge in [0.25, 0.3) is 11.8 Å². The largest absolute Gasteiger partial charge is 0.361 e. The zero-order valence-electron chi connectivity index (χ0n) is 19.0. The number of carbonyl (C=O) groups is 2. The van der Waals surface area contributed by atoms with E-state index in [2.05, 4.69) is 15.3 Å². The predicted octanol–water partition coefficient (Wildman–Crippen LogP) is 3.04. The molecular formula is C26H28N4O3. The molecule has 3 aromatic rings. The van der Waals surface area contributed by atoms with E-state index in [0.29, 0.717) is 19.5 Å². The van der Waals surface area contributed by atoms with Crippen LogP contribution in [-0.4, -0.2) is 58.5 Å². The molecule has 7 nitrogen and oxygen atoms in total. The van der Waals surface area contributed by atoms with E-state index >= 15 is 0 Å². The molecule has 1 N–H and O–H groups in total. The van der Waals surface area contributed by atoms with Gasteiger partial charge in [-0.25, -0.2) is 4.98 Å². The van der Waals surface area contributed by atoms with Crippen LogP contribution in [0.25, 0.3) is 11.1 Å². The Morgan fingerprint density at radius 2 is 1.82 bits per heavy atom. The number of aryl methyl sites for hydroxylation is 1. The van der Waals surface area contributed by atoms with Gasteiger partial charge >= 0.3 is 0 Å². The van der Waals surface area contributed by atoms with Crippen LogP contribution in [0.1, 0.15) is 28.7 Å². The number of aromatic nitrogens is 2. The van der Waals surface area contributed by atoms with Crippen LogP contribution in [0.4, 0.5) is 0 Å². The van der Waals surface area contributed by atoms with E-state index in [0.717, 1.165) is 22.4 Å². The number of carbonyl (C=O) groups excluding carboxylic acids is 2. The number of ether oxygens (including phenoxy) is 1. The number of hydrogen-bond acceptors (Lipinski definition) is 5. The molecule has 1 saturated heterocycles. The average molecular weight is 445 g/mol. The minimum Gasteiger partial charge on any atom is -0.361 e. The summed E-state index contributed by atoms with van der Waals surface area (Å²) in [5.74, 6) is -0.476. The van der Waals surface area contributed by atoms with Crippen LogP contribution >= 0.6 is 0 Å². The van der Waals surface area contributed by atoms with Crippen LogP contribution in [0.3, 0.4) is 0 Å². The summed E-state index contributed by atoms with van der Waals surface area (Å²) < 4.78 is 6.17. The van der Waals surface area contributed by atoms with Crippen LogP contribution < -0.4 is 5.32 Å². The molecule has 1 aliphatic rings. The number of likely N-dealkylation sites (N-methyl/N-ethyl adjacent to an activating group) is 1.